The van der Waals surface area contributed by atoms with E-state index in [1.165, 1.54) is 4.90 Å². The SMILES string of the molecule is CCN(CCc1c(C)ccc(Cl)c1SC(=O)N(C)C)C(=O)OC(C)(C)C. The molecule has 0 saturated heterocycles. The summed E-state index contributed by atoms with van der Waals surface area (Å²) in [4.78, 5) is 28.4. The molecule has 0 unspecified atom stereocenters. The summed E-state index contributed by atoms with van der Waals surface area (Å²) in [5.41, 5.74) is 1.50. The molecule has 0 aliphatic rings. The van der Waals surface area contributed by atoms with Gasteiger partial charge >= 0.3 is 6.09 Å². The zero-order valence-corrected chi connectivity index (χ0v) is 18.3. The van der Waals surface area contributed by atoms with Crippen molar-refractivity contribution in [2.24, 2.45) is 0 Å². The van der Waals surface area contributed by atoms with E-state index in [1.54, 1.807) is 25.1 Å². The van der Waals surface area contributed by atoms with Crippen LogP contribution in [0.5, 0.6) is 0 Å². The van der Waals surface area contributed by atoms with Crippen LogP contribution in [0.3, 0.4) is 0 Å². The highest BCUT2D eigenvalue weighted by atomic mass is 35.5. The number of carbonyl (C=O) groups is 2. The highest BCUT2D eigenvalue weighted by molar-refractivity contribution is 8.13. The predicted octanol–water partition coefficient (Wildman–Crippen LogP) is 5.22. The fourth-order valence-corrected chi connectivity index (χ4v) is 3.45. The van der Waals surface area contributed by atoms with E-state index < -0.39 is 5.60 Å². The van der Waals surface area contributed by atoms with Crippen LogP contribution in [0.15, 0.2) is 17.0 Å². The lowest BCUT2D eigenvalue weighted by atomic mass is 10.1. The molecule has 0 aliphatic carbocycles. The first-order valence-electron chi connectivity index (χ1n) is 8.61. The first kappa shape index (κ1) is 22.6. The van der Waals surface area contributed by atoms with Gasteiger partial charge in [-0.15, -0.1) is 0 Å². The van der Waals surface area contributed by atoms with Gasteiger partial charge in [-0.3, -0.25) is 4.79 Å². The van der Waals surface area contributed by atoms with E-state index in [0.29, 0.717) is 24.5 Å². The summed E-state index contributed by atoms with van der Waals surface area (Å²) < 4.78 is 5.45. The molecule has 1 aromatic carbocycles. The van der Waals surface area contributed by atoms with E-state index in [2.05, 4.69) is 0 Å². The van der Waals surface area contributed by atoms with Gasteiger partial charge in [-0.05, 0) is 70.0 Å². The maximum atomic E-state index is 12.3. The Kier molecular flexibility index (Phi) is 8.28. The van der Waals surface area contributed by atoms with Crippen LogP contribution in [-0.2, 0) is 11.2 Å². The van der Waals surface area contributed by atoms with Crippen molar-refractivity contribution in [1.82, 2.24) is 9.80 Å². The maximum absolute atomic E-state index is 12.3. The summed E-state index contributed by atoms with van der Waals surface area (Å²) >= 11 is 7.47. The van der Waals surface area contributed by atoms with E-state index in [9.17, 15) is 9.59 Å². The number of likely N-dealkylation sites (N-methyl/N-ethyl adjacent to an activating group) is 1. The lowest BCUT2D eigenvalue weighted by Crippen LogP contribution is -2.38. The molecule has 0 heterocycles. The Morgan fingerprint density at radius 2 is 1.85 bits per heavy atom. The van der Waals surface area contributed by atoms with E-state index in [1.807, 2.05) is 40.7 Å². The van der Waals surface area contributed by atoms with Crippen LogP contribution in [0.4, 0.5) is 9.59 Å². The third-order valence-corrected chi connectivity index (χ3v) is 5.30. The molecule has 1 rings (SSSR count). The lowest BCUT2D eigenvalue weighted by molar-refractivity contribution is 0.0262. The number of amides is 2. The van der Waals surface area contributed by atoms with Crippen LogP contribution in [0.25, 0.3) is 0 Å². The van der Waals surface area contributed by atoms with Crippen molar-refractivity contribution in [3.63, 3.8) is 0 Å². The third kappa shape index (κ3) is 6.72. The lowest BCUT2D eigenvalue weighted by Gasteiger charge is -2.27. The second-order valence-corrected chi connectivity index (χ2v) is 8.61. The summed E-state index contributed by atoms with van der Waals surface area (Å²) in [7, 11) is 3.42. The Labute approximate surface area is 166 Å². The topological polar surface area (TPSA) is 49.9 Å². The van der Waals surface area contributed by atoms with Crippen molar-refractivity contribution >= 4 is 34.7 Å². The van der Waals surface area contributed by atoms with Crippen LogP contribution in [0.2, 0.25) is 5.02 Å². The van der Waals surface area contributed by atoms with Gasteiger partial charge < -0.3 is 14.5 Å². The van der Waals surface area contributed by atoms with Gasteiger partial charge in [0.15, 0.2) is 0 Å². The molecular weight excluding hydrogens is 372 g/mol. The predicted molar refractivity (Wildman–Crippen MR) is 108 cm³/mol. The molecule has 0 atom stereocenters. The molecule has 0 aromatic heterocycles. The molecule has 0 spiro atoms. The van der Waals surface area contributed by atoms with Crippen molar-refractivity contribution in [2.75, 3.05) is 27.2 Å². The molecule has 2 amide bonds. The van der Waals surface area contributed by atoms with Gasteiger partial charge in [0.05, 0.1) is 5.02 Å². The van der Waals surface area contributed by atoms with Crippen LogP contribution in [0, 0.1) is 6.92 Å². The third-order valence-electron chi connectivity index (χ3n) is 3.67. The minimum Gasteiger partial charge on any atom is -0.444 e. The summed E-state index contributed by atoms with van der Waals surface area (Å²) in [6, 6.07) is 3.74. The summed E-state index contributed by atoms with van der Waals surface area (Å²) in [5.74, 6) is 0. The maximum Gasteiger partial charge on any atom is 0.410 e. The highest BCUT2D eigenvalue weighted by Crippen LogP contribution is 2.34. The first-order chi connectivity index (χ1) is 12.0. The van der Waals surface area contributed by atoms with Crippen LogP contribution < -0.4 is 0 Å². The number of hydrogen-bond acceptors (Lipinski definition) is 4. The number of halogens is 1. The molecular formula is C19H29ClN2O3S. The number of ether oxygens (including phenoxy) is 1. The quantitative estimate of drug-likeness (QED) is 0.635. The zero-order valence-electron chi connectivity index (χ0n) is 16.7. The number of benzene rings is 1. The monoisotopic (exact) mass is 400 g/mol. The van der Waals surface area contributed by atoms with Crippen molar-refractivity contribution in [1.29, 1.82) is 0 Å². The summed E-state index contributed by atoms with van der Waals surface area (Å²) in [6.07, 6.45) is 0.265. The van der Waals surface area contributed by atoms with Gasteiger partial charge in [0.1, 0.15) is 5.60 Å². The average molecular weight is 401 g/mol. The Morgan fingerprint density at radius 3 is 2.35 bits per heavy atom. The van der Waals surface area contributed by atoms with Gasteiger partial charge in [-0.25, -0.2) is 4.79 Å². The Bertz CT molecular complexity index is 657. The smallest absolute Gasteiger partial charge is 0.410 e. The number of thioether (sulfide) groups is 1. The van der Waals surface area contributed by atoms with Gasteiger partial charge in [-0.1, -0.05) is 17.7 Å². The molecule has 0 aliphatic heterocycles. The average Bonchev–Trinajstić information content (AvgIpc) is 2.51. The molecule has 5 nitrogen and oxygen atoms in total. The van der Waals surface area contributed by atoms with Crippen LogP contribution >= 0.6 is 23.4 Å². The number of hydrogen-bond donors (Lipinski definition) is 0. The minimum atomic E-state index is -0.532. The molecule has 0 saturated carbocycles. The van der Waals surface area contributed by atoms with E-state index in [0.717, 1.165) is 27.8 Å². The zero-order chi connectivity index (χ0) is 20.1. The van der Waals surface area contributed by atoms with Crippen molar-refractivity contribution < 1.29 is 14.3 Å². The molecule has 0 fully saturated rings. The highest BCUT2D eigenvalue weighted by Gasteiger charge is 2.22. The molecule has 146 valence electrons. The molecule has 26 heavy (non-hydrogen) atoms. The Hall–Kier alpha value is -1.40. The van der Waals surface area contributed by atoms with Gasteiger partial charge in [-0.2, -0.15) is 0 Å². The van der Waals surface area contributed by atoms with Gasteiger partial charge in [0.2, 0.25) is 0 Å². The van der Waals surface area contributed by atoms with Crippen LogP contribution in [-0.4, -0.2) is 53.9 Å². The second-order valence-electron chi connectivity index (χ2n) is 7.24. The van der Waals surface area contributed by atoms with Crippen LogP contribution in [0.1, 0.15) is 38.8 Å². The van der Waals surface area contributed by atoms with E-state index in [-0.39, 0.29) is 11.3 Å². The fourth-order valence-electron chi connectivity index (χ4n) is 2.25. The van der Waals surface area contributed by atoms with Crippen molar-refractivity contribution in [3.05, 3.63) is 28.3 Å². The van der Waals surface area contributed by atoms with E-state index in [4.69, 9.17) is 16.3 Å². The number of rotatable bonds is 5. The van der Waals surface area contributed by atoms with E-state index >= 15 is 0 Å². The number of nitrogens with zero attached hydrogens (tertiary/aromatic N) is 2. The number of aryl methyl sites for hydroxylation is 1. The molecule has 0 radical (unpaired) electrons. The molecule has 0 N–H and O–H groups in total. The van der Waals surface area contributed by atoms with Gasteiger partial charge in [0, 0.05) is 32.1 Å². The Morgan fingerprint density at radius 1 is 1.23 bits per heavy atom. The largest absolute Gasteiger partial charge is 0.444 e. The molecule has 0 bridgehead atoms. The standard InChI is InChI=1S/C19H29ClN2O3S/c1-8-22(17(23)25-19(3,4)5)12-11-14-13(2)9-10-15(20)16(14)26-18(24)21(6)7/h9-10H,8,11-12H2,1-7H3. The van der Waals surface area contributed by atoms with Gasteiger partial charge in [0.25, 0.3) is 5.24 Å². The van der Waals surface area contributed by atoms with Crippen molar-refractivity contribution in [2.45, 2.75) is 51.5 Å². The first-order valence-corrected chi connectivity index (χ1v) is 9.80. The molecule has 1 aromatic rings. The Balaban J connectivity index is 2.99. The summed E-state index contributed by atoms with van der Waals surface area (Å²) in [6.45, 7) is 10.5. The van der Waals surface area contributed by atoms with Crippen molar-refractivity contribution in [3.8, 4) is 0 Å². The normalized spacial score (nSPS) is 11.2. The molecule has 7 heteroatoms. The minimum absolute atomic E-state index is 0.0850. The fraction of sp³-hybridized carbons (Fsp3) is 0.579. The summed E-state index contributed by atoms with van der Waals surface area (Å²) in [5, 5.41) is 0.462. The number of carbonyl (C=O) groups excluding carboxylic acids is 2. The second kappa shape index (κ2) is 9.51.